The standard InChI is InChI=1S/C23H27FN2O3/c1-18-4-10-21(11-5-18)29-16-2-3-22(27)25-12-14-26(15-13-25)23(28)17-19-6-8-20(24)9-7-19/h4-11H,2-3,12-17H2,1H3. The van der Waals surface area contributed by atoms with Gasteiger partial charge in [-0.2, -0.15) is 0 Å². The molecule has 0 saturated carbocycles. The van der Waals surface area contributed by atoms with E-state index in [1.165, 1.54) is 17.7 Å². The SMILES string of the molecule is Cc1ccc(OCCCC(=O)N2CCN(C(=O)Cc3ccc(F)cc3)CC2)cc1. The molecule has 2 aromatic carbocycles. The summed E-state index contributed by atoms with van der Waals surface area (Å²) < 4.78 is 18.6. The molecule has 154 valence electrons. The maximum Gasteiger partial charge on any atom is 0.227 e. The van der Waals surface area contributed by atoms with Crippen LogP contribution in [-0.4, -0.2) is 54.4 Å². The average molecular weight is 398 g/mol. The molecule has 0 N–H and O–H groups in total. The topological polar surface area (TPSA) is 49.9 Å². The van der Waals surface area contributed by atoms with E-state index >= 15 is 0 Å². The first-order valence-electron chi connectivity index (χ1n) is 10.0. The monoisotopic (exact) mass is 398 g/mol. The summed E-state index contributed by atoms with van der Waals surface area (Å²) in [4.78, 5) is 28.4. The summed E-state index contributed by atoms with van der Waals surface area (Å²) in [7, 11) is 0. The molecule has 2 amide bonds. The fraction of sp³-hybridized carbons (Fsp3) is 0.391. The molecule has 1 saturated heterocycles. The zero-order valence-corrected chi connectivity index (χ0v) is 16.8. The molecule has 0 aromatic heterocycles. The van der Waals surface area contributed by atoms with Gasteiger partial charge in [-0.1, -0.05) is 29.8 Å². The summed E-state index contributed by atoms with van der Waals surface area (Å²) in [5.74, 6) is 0.618. The van der Waals surface area contributed by atoms with Gasteiger partial charge in [0.15, 0.2) is 0 Å². The van der Waals surface area contributed by atoms with E-state index in [1.807, 2.05) is 36.1 Å². The van der Waals surface area contributed by atoms with Crippen LogP contribution >= 0.6 is 0 Å². The van der Waals surface area contributed by atoms with Gasteiger partial charge in [-0.05, 0) is 43.2 Å². The van der Waals surface area contributed by atoms with Crippen LogP contribution in [0.2, 0.25) is 0 Å². The number of aryl methyl sites for hydroxylation is 1. The Balaban J connectivity index is 1.34. The molecule has 3 rings (SSSR count). The van der Waals surface area contributed by atoms with Gasteiger partial charge < -0.3 is 14.5 Å². The minimum Gasteiger partial charge on any atom is -0.494 e. The molecule has 0 atom stereocenters. The molecule has 6 heteroatoms. The number of nitrogens with zero attached hydrogens (tertiary/aromatic N) is 2. The van der Waals surface area contributed by atoms with E-state index in [-0.39, 0.29) is 24.1 Å². The average Bonchev–Trinajstić information content (AvgIpc) is 2.74. The largest absolute Gasteiger partial charge is 0.494 e. The molecule has 0 spiro atoms. The number of ether oxygens (including phenoxy) is 1. The number of hydrogen-bond acceptors (Lipinski definition) is 3. The van der Waals surface area contributed by atoms with Crippen LogP contribution in [0.1, 0.15) is 24.0 Å². The van der Waals surface area contributed by atoms with Crippen molar-refractivity contribution < 1.29 is 18.7 Å². The first-order valence-corrected chi connectivity index (χ1v) is 10.0. The number of piperazine rings is 1. The van der Waals surface area contributed by atoms with Crippen LogP contribution in [-0.2, 0) is 16.0 Å². The highest BCUT2D eigenvalue weighted by Gasteiger charge is 2.23. The highest BCUT2D eigenvalue weighted by molar-refractivity contribution is 5.80. The van der Waals surface area contributed by atoms with Crippen LogP contribution in [0, 0.1) is 12.7 Å². The molecule has 5 nitrogen and oxygen atoms in total. The maximum absolute atomic E-state index is 13.0. The lowest BCUT2D eigenvalue weighted by atomic mass is 10.1. The third kappa shape index (κ3) is 6.31. The van der Waals surface area contributed by atoms with Crippen molar-refractivity contribution in [3.8, 4) is 5.75 Å². The summed E-state index contributed by atoms with van der Waals surface area (Å²) in [5, 5.41) is 0. The lowest BCUT2D eigenvalue weighted by molar-refractivity contribution is -0.139. The Morgan fingerprint density at radius 3 is 2.10 bits per heavy atom. The van der Waals surface area contributed by atoms with E-state index in [0.717, 1.165) is 11.3 Å². The first-order chi connectivity index (χ1) is 14.0. The Labute approximate surface area is 171 Å². The molecule has 0 bridgehead atoms. The van der Waals surface area contributed by atoms with E-state index in [2.05, 4.69) is 0 Å². The predicted octanol–water partition coefficient (Wildman–Crippen LogP) is 3.21. The summed E-state index contributed by atoms with van der Waals surface area (Å²) in [6, 6.07) is 13.8. The van der Waals surface area contributed by atoms with Crippen molar-refractivity contribution in [2.75, 3.05) is 32.8 Å². The molecule has 1 fully saturated rings. The van der Waals surface area contributed by atoms with Crippen molar-refractivity contribution in [3.05, 3.63) is 65.5 Å². The summed E-state index contributed by atoms with van der Waals surface area (Å²) in [6.45, 7) is 4.69. The molecule has 2 aromatic rings. The Bertz CT molecular complexity index is 813. The molecule has 1 heterocycles. The van der Waals surface area contributed by atoms with Crippen LogP contribution in [0.25, 0.3) is 0 Å². The van der Waals surface area contributed by atoms with E-state index < -0.39 is 0 Å². The van der Waals surface area contributed by atoms with Gasteiger partial charge >= 0.3 is 0 Å². The van der Waals surface area contributed by atoms with Crippen LogP contribution in [0.5, 0.6) is 5.75 Å². The van der Waals surface area contributed by atoms with Gasteiger partial charge in [0.2, 0.25) is 11.8 Å². The molecule has 1 aliphatic rings. The second-order valence-electron chi connectivity index (χ2n) is 7.33. The number of halogens is 1. The van der Waals surface area contributed by atoms with Gasteiger partial charge in [0.1, 0.15) is 11.6 Å². The van der Waals surface area contributed by atoms with Gasteiger partial charge in [0.05, 0.1) is 13.0 Å². The van der Waals surface area contributed by atoms with Gasteiger partial charge in [-0.25, -0.2) is 4.39 Å². The number of amides is 2. The van der Waals surface area contributed by atoms with Crippen molar-refractivity contribution in [2.24, 2.45) is 0 Å². The van der Waals surface area contributed by atoms with E-state index in [4.69, 9.17) is 4.74 Å². The lowest BCUT2D eigenvalue weighted by Gasteiger charge is -2.35. The predicted molar refractivity (Wildman–Crippen MR) is 109 cm³/mol. The molecular weight excluding hydrogens is 371 g/mol. The zero-order valence-electron chi connectivity index (χ0n) is 16.8. The fourth-order valence-electron chi connectivity index (χ4n) is 3.30. The third-order valence-corrected chi connectivity index (χ3v) is 5.08. The molecule has 0 radical (unpaired) electrons. The van der Waals surface area contributed by atoms with Crippen LogP contribution in [0.3, 0.4) is 0 Å². The second-order valence-corrected chi connectivity index (χ2v) is 7.33. The Morgan fingerprint density at radius 2 is 1.48 bits per heavy atom. The smallest absolute Gasteiger partial charge is 0.227 e. The van der Waals surface area contributed by atoms with Crippen LogP contribution in [0.4, 0.5) is 4.39 Å². The van der Waals surface area contributed by atoms with Crippen molar-refractivity contribution in [3.63, 3.8) is 0 Å². The van der Waals surface area contributed by atoms with Crippen molar-refractivity contribution in [1.82, 2.24) is 9.80 Å². The van der Waals surface area contributed by atoms with Crippen molar-refractivity contribution in [1.29, 1.82) is 0 Å². The van der Waals surface area contributed by atoms with E-state index in [1.54, 1.807) is 17.0 Å². The second kappa shape index (κ2) is 10.0. The number of hydrogen-bond donors (Lipinski definition) is 0. The molecule has 0 aliphatic carbocycles. The lowest BCUT2D eigenvalue weighted by Crippen LogP contribution is -2.51. The van der Waals surface area contributed by atoms with Crippen LogP contribution < -0.4 is 4.74 Å². The summed E-state index contributed by atoms with van der Waals surface area (Å²) in [5.41, 5.74) is 1.98. The van der Waals surface area contributed by atoms with Gasteiger partial charge in [-0.15, -0.1) is 0 Å². The quantitative estimate of drug-likeness (QED) is 0.673. The highest BCUT2D eigenvalue weighted by Crippen LogP contribution is 2.13. The molecule has 1 aliphatic heterocycles. The maximum atomic E-state index is 13.0. The third-order valence-electron chi connectivity index (χ3n) is 5.08. The van der Waals surface area contributed by atoms with Crippen LogP contribution in [0.15, 0.2) is 48.5 Å². The first kappa shape index (κ1) is 20.8. The Hall–Kier alpha value is -2.89. The minimum absolute atomic E-state index is 0.00945. The normalized spacial score (nSPS) is 14.0. The van der Waals surface area contributed by atoms with Crippen molar-refractivity contribution in [2.45, 2.75) is 26.2 Å². The molecule has 0 unspecified atom stereocenters. The van der Waals surface area contributed by atoms with Gasteiger partial charge in [0, 0.05) is 32.6 Å². The number of rotatable bonds is 7. The summed E-state index contributed by atoms with van der Waals surface area (Å²) >= 11 is 0. The van der Waals surface area contributed by atoms with Gasteiger partial charge in [0.25, 0.3) is 0 Å². The van der Waals surface area contributed by atoms with Crippen molar-refractivity contribution >= 4 is 11.8 Å². The van der Waals surface area contributed by atoms with E-state index in [9.17, 15) is 14.0 Å². The minimum atomic E-state index is -0.308. The fourth-order valence-corrected chi connectivity index (χ4v) is 3.30. The van der Waals surface area contributed by atoms with E-state index in [0.29, 0.717) is 45.6 Å². The number of carbonyl (C=O) groups is 2. The zero-order chi connectivity index (χ0) is 20.6. The number of benzene rings is 2. The highest BCUT2D eigenvalue weighted by atomic mass is 19.1. The molecule has 29 heavy (non-hydrogen) atoms. The number of carbonyl (C=O) groups excluding carboxylic acids is 2. The molecular formula is C23H27FN2O3. The van der Waals surface area contributed by atoms with Gasteiger partial charge in [-0.3, -0.25) is 9.59 Å². The Morgan fingerprint density at radius 1 is 0.897 bits per heavy atom. The summed E-state index contributed by atoms with van der Waals surface area (Å²) in [6.07, 6.45) is 1.36. The Kier molecular flexibility index (Phi) is 7.22.